The zero-order valence-electron chi connectivity index (χ0n) is 14.4. The summed E-state index contributed by atoms with van der Waals surface area (Å²) in [7, 11) is 0.105. The third kappa shape index (κ3) is 4.83. The van der Waals surface area contributed by atoms with Crippen LogP contribution in [-0.4, -0.2) is 35.6 Å². The molecule has 0 saturated carbocycles. The predicted molar refractivity (Wildman–Crippen MR) is 100 cm³/mol. The van der Waals surface area contributed by atoms with Gasteiger partial charge < -0.3 is 14.8 Å². The highest BCUT2D eigenvalue weighted by Crippen LogP contribution is 2.28. The summed E-state index contributed by atoms with van der Waals surface area (Å²) in [5, 5.41) is 3.03. The Morgan fingerprint density at radius 2 is 1.88 bits per heavy atom. The van der Waals surface area contributed by atoms with Gasteiger partial charge in [-0.05, 0) is 37.3 Å². The first-order chi connectivity index (χ1) is 12.3. The molecule has 138 valence electrons. The van der Waals surface area contributed by atoms with Crippen molar-refractivity contribution in [1.82, 2.24) is 0 Å². The fourth-order valence-electron chi connectivity index (χ4n) is 2.18. The molecule has 0 fully saturated rings. The number of carbonyl (C=O) groups excluding carboxylic acids is 2. The first-order valence-electron chi connectivity index (χ1n) is 7.61. The molecule has 0 aromatic heterocycles. The lowest BCUT2D eigenvalue weighted by molar-refractivity contribution is -0.123. The molecule has 0 saturated heterocycles. The Bertz CT molecular complexity index is 855. The Hall–Kier alpha value is -2.38. The minimum atomic E-state index is -1.36. The van der Waals surface area contributed by atoms with Crippen molar-refractivity contribution in [2.75, 3.05) is 18.7 Å². The smallest absolute Gasteiger partial charge is 0.340 e. The van der Waals surface area contributed by atoms with Gasteiger partial charge in [-0.2, -0.15) is 0 Å². The number of anilines is 1. The largest absolute Gasteiger partial charge is 0.495 e. The van der Waals surface area contributed by atoms with Crippen LogP contribution in [0.4, 0.5) is 5.69 Å². The van der Waals surface area contributed by atoms with Crippen LogP contribution in [0.3, 0.4) is 0 Å². The Morgan fingerprint density at radius 1 is 1.19 bits per heavy atom. The molecule has 0 spiro atoms. The molecule has 0 radical (unpaired) electrons. The van der Waals surface area contributed by atoms with E-state index in [4.69, 9.17) is 21.1 Å². The van der Waals surface area contributed by atoms with Gasteiger partial charge in [-0.15, -0.1) is 0 Å². The van der Waals surface area contributed by atoms with E-state index in [0.29, 0.717) is 21.4 Å². The van der Waals surface area contributed by atoms with Crippen molar-refractivity contribution in [3.05, 3.63) is 53.1 Å². The van der Waals surface area contributed by atoms with Gasteiger partial charge in [0.2, 0.25) is 0 Å². The van der Waals surface area contributed by atoms with E-state index >= 15 is 0 Å². The quantitative estimate of drug-likeness (QED) is 0.759. The van der Waals surface area contributed by atoms with Crippen molar-refractivity contribution in [1.29, 1.82) is 0 Å². The highest BCUT2D eigenvalue weighted by atomic mass is 35.5. The van der Waals surface area contributed by atoms with Gasteiger partial charge in [0.1, 0.15) is 5.75 Å². The number of nitrogens with one attached hydrogen (secondary N) is 1. The van der Waals surface area contributed by atoms with Crippen molar-refractivity contribution in [2.45, 2.75) is 17.9 Å². The summed E-state index contributed by atoms with van der Waals surface area (Å²) in [6, 6.07) is 11.2. The van der Waals surface area contributed by atoms with Crippen molar-refractivity contribution < 1.29 is 23.3 Å². The number of halogens is 1. The van der Waals surface area contributed by atoms with E-state index in [1.807, 2.05) is 0 Å². The predicted octanol–water partition coefficient (Wildman–Crippen LogP) is 3.27. The summed E-state index contributed by atoms with van der Waals surface area (Å²) >= 11 is 5.93. The number of hydrogen-bond acceptors (Lipinski definition) is 5. The van der Waals surface area contributed by atoms with E-state index in [2.05, 4.69) is 5.32 Å². The van der Waals surface area contributed by atoms with Gasteiger partial charge in [-0.25, -0.2) is 4.79 Å². The molecule has 0 bridgehead atoms. The molecule has 2 atom stereocenters. The van der Waals surface area contributed by atoms with Crippen LogP contribution < -0.4 is 10.1 Å². The Morgan fingerprint density at radius 3 is 2.54 bits per heavy atom. The number of amides is 1. The molecule has 8 heteroatoms. The topological polar surface area (TPSA) is 81.7 Å². The maximum atomic E-state index is 12.3. The summed E-state index contributed by atoms with van der Waals surface area (Å²) in [6.45, 7) is 1.44. The Balaban J connectivity index is 2.11. The summed E-state index contributed by atoms with van der Waals surface area (Å²) in [5.41, 5.74) is 0.524. The highest BCUT2D eigenvalue weighted by molar-refractivity contribution is 7.84. The zero-order chi connectivity index (χ0) is 19.3. The lowest BCUT2D eigenvalue weighted by Crippen LogP contribution is -2.30. The number of esters is 1. The number of ether oxygens (including phenoxy) is 2. The van der Waals surface area contributed by atoms with Crippen LogP contribution in [0, 0.1) is 0 Å². The maximum Gasteiger partial charge on any atom is 0.340 e. The van der Waals surface area contributed by atoms with Gasteiger partial charge in [0, 0.05) is 11.3 Å². The van der Waals surface area contributed by atoms with Crippen LogP contribution >= 0.6 is 11.6 Å². The van der Waals surface area contributed by atoms with Gasteiger partial charge in [0.05, 0.1) is 34.1 Å². The molecular weight excluding hydrogens is 378 g/mol. The van der Waals surface area contributed by atoms with Gasteiger partial charge >= 0.3 is 5.97 Å². The molecule has 0 aliphatic rings. The van der Waals surface area contributed by atoms with E-state index in [1.54, 1.807) is 30.3 Å². The minimum absolute atomic E-state index is 0.160. The molecule has 0 heterocycles. The van der Waals surface area contributed by atoms with Crippen LogP contribution in [0.25, 0.3) is 0 Å². The molecule has 0 aliphatic heterocycles. The summed E-state index contributed by atoms with van der Waals surface area (Å²) in [4.78, 5) is 25.0. The molecule has 1 N–H and O–H groups in total. The fourth-order valence-corrected chi connectivity index (χ4v) is 3.08. The fraction of sp³-hybridized carbons (Fsp3) is 0.222. The van der Waals surface area contributed by atoms with Crippen molar-refractivity contribution in [2.24, 2.45) is 0 Å². The maximum absolute atomic E-state index is 12.3. The van der Waals surface area contributed by atoms with Gasteiger partial charge in [0.25, 0.3) is 5.91 Å². The van der Waals surface area contributed by atoms with Crippen LogP contribution in [0.15, 0.2) is 47.4 Å². The summed E-state index contributed by atoms with van der Waals surface area (Å²) < 4.78 is 22.1. The second kappa shape index (κ2) is 8.82. The van der Waals surface area contributed by atoms with E-state index in [0.717, 1.165) is 0 Å². The summed E-state index contributed by atoms with van der Waals surface area (Å²) in [5.74, 6) is -0.849. The minimum Gasteiger partial charge on any atom is -0.495 e. The molecule has 26 heavy (non-hydrogen) atoms. The lowest BCUT2D eigenvalue weighted by atomic mass is 10.2. The number of carbonyl (C=O) groups is 2. The van der Waals surface area contributed by atoms with E-state index in [1.165, 1.54) is 32.4 Å². The van der Waals surface area contributed by atoms with E-state index < -0.39 is 28.8 Å². The molecule has 2 aromatic carbocycles. The monoisotopic (exact) mass is 395 g/mol. The van der Waals surface area contributed by atoms with Gasteiger partial charge in [-0.3, -0.25) is 9.00 Å². The lowest BCUT2D eigenvalue weighted by Gasteiger charge is -2.16. The van der Waals surface area contributed by atoms with Crippen molar-refractivity contribution >= 4 is 40.0 Å². The molecule has 0 aliphatic carbocycles. The Kier molecular flexibility index (Phi) is 6.76. The SMILES string of the molecule is COc1ccc(Cl)cc1NC(=O)[C@H](C)OC(=O)c1ccccc1[S@](C)=O. The molecule has 0 unspecified atom stereocenters. The second-order valence-electron chi connectivity index (χ2n) is 5.33. The second-order valence-corrected chi connectivity index (χ2v) is 7.12. The van der Waals surface area contributed by atoms with Crippen molar-refractivity contribution in [3.63, 3.8) is 0 Å². The first-order valence-corrected chi connectivity index (χ1v) is 9.55. The molecule has 1 amide bonds. The zero-order valence-corrected chi connectivity index (χ0v) is 16.0. The standard InChI is InChI=1S/C18H18ClNO5S/c1-11(17(21)20-14-10-12(19)8-9-15(14)24-2)25-18(22)13-6-4-5-7-16(13)26(3)23/h4-11H,1-3H3,(H,20,21)/t11-,26-/m0/s1. The highest BCUT2D eigenvalue weighted by Gasteiger charge is 2.22. The number of hydrogen-bond donors (Lipinski definition) is 1. The third-order valence-corrected chi connectivity index (χ3v) is 4.70. The van der Waals surface area contributed by atoms with Crippen LogP contribution in [-0.2, 0) is 20.3 Å². The number of benzene rings is 2. The van der Waals surface area contributed by atoms with Gasteiger partial charge in [-0.1, -0.05) is 23.7 Å². The van der Waals surface area contributed by atoms with E-state index in [9.17, 15) is 13.8 Å². The normalized spacial score (nSPS) is 12.8. The average Bonchev–Trinajstić information content (AvgIpc) is 2.61. The first kappa shape index (κ1) is 19.9. The number of methoxy groups -OCH3 is 1. The Labute approximate surface area is 158 Å². The molecule has 2 aromatic rings. The van der Waals surface area contributed by atoms with Crippen LogP contribution in [0.5, 0.6) is 5.75 Å². The van der Waals surface area contributed by atoms with E-state index in [-0.39, 0.29) is 5.56 Å². The molecule has 6 nitrogen and oxygen atoms in total. The average molecular weight is 396 g/mol. The molecular formula is C18H18ClNO5S. The van der Waals surface area contributed by atoms with Crippen LogP contribution in [0.2, 0.25) is 5.02 Å². The third-order valence-electron chi connectivity index (χ3n) is 3.49. The molecule has 2 rings (SSSR count). The van der Waals surface area contributed by atoms with Gasteiger partial charge in [0.15, 0.2) is 6.10 Å². The van der Waals surface area contributed by atoms with Crippen LogP contribution in [0.1, 0.15) is 17.3 Å². The number of rotatable bonds is 6. The summed E-state index contributed by atoms with van der Waals surface area (Å²) in [6.07, 6.45) is 0.387. The van der Waals surface area contributed by atoms with Crippen molar-refractivity contribution in [3.8, 4) is 5.75 Å².